The second-order valence-electron chi connectivity index (χ2n) is 8.67. The Morgan fingerprint density at radius 2 is 1.71 bits per heavy atom. The van der Waals surface area contributed by atoms with E-state index in [2.05, 4.69) is 4.98 Å². The number of likely N-dealkylation sites (tertiary alicyclic amines) is 1. The number of amides is 3. The molecule has 0 bridgehead atoms. The summed E-state index contributed by atoms with van der Waals surface area (Å²) in [5, 5.41) is 0.748. The van der Waals surface area contributed by atoms with Crippen molar-refractivity contribution < 1.29 is 18.8 Å². The molecule has 158 valence electrons. The first-order valence-corrected chi connectivity index (χ1v) is 9.96. The minimum absolute atomic E-state index is 0.0795. The topological polar surface area (TPSA) is 93.4 Å². The molecule has 2 N–H and O–H groups in total. The van der Waals surface area contributed by atoms with Crippen molar-refractivity contribution >= 4 is 28.6 Å². The van der Waals surface area contributed by atoms with Gasteiger partial charge in [0, 0.05) is 18.2 Å². The van der Waals surface area contributed by atoms with Crippen LogP contribution in [0.15, 0.2) is 48.5 Å². The summed E-state index contributed by atoms with van der Waals surface area (Å²) in [6, 6.07) is 12.9. The maximum atomic E-state index is 13.4. The van der Waals surface area contributed by atoms with Crippen molar-refractivity contribution in [2.75, 3.05) is 0 Å². The minimum atomic E-state index is -0.681. The zero-order chi connectivity index (χ0) is 22.3. The highest BCUT2D eigenvalue weighted by Crippen LogP contribution is 2.33. The van der Waals surface area contributed by atoms with Crippen molar-refractivity contribution in [1.29, 1.82) is 0 Å². The molecule has 1 aliphatic heterocycles. The van der Waals surface area contributed by atoms with E-state index in [0.717, 1.165) is 5.39 Å². The van der Waals surface area contributed by atoms with Gasteiger partial charge >= 0.3 is 0 Å². The molecule has 2 aromatic carbocycles. The fourth-order valence-electron chi connectivity index (χ4n) is 3.94. The van der Waals surface area contributed by atoms with Gasteiger partial charge in [0.25, 0.3) is 5.91 Å². The Bertz CT molecular complexity index is 1200. The molecule has 0 saturated carbocycles. The third-order valence-electron chi connectivity index (χ3n) is 5.48. The van der Waals surface area contributed by atoms with E-state index in [1.54, 1.807) is 24.3 Å². The standard InChI is InChI=1S/C24H22FN3O3/c1-24(2)11-21(29)28(22(30)12-24)13-14-3-8-17-18(15-4-6-16(25)7-5-15)10-20(23(26)31)27-19(17)9-14/h3-10H,11-13H2,1-2H3,(H2,26,31). The Balaban J connectivity index is 1.75. The summed E-state index contributed by atoms with van der Waals surface area (Å²) >= 11 is 0. The number of nitrogens with zero attached hydrogens (tertiary/aromatic N) is 2. The Hall–Kier alpha value is -3.61. The SMILES string of the molecule is CC1(C)CC(=O)N(Cc2ccc3c(-c4ccc(F)cc4)cc(C(N)=O)nc3c2)C(=O)C1. The Morgan fingerprint density at radius 3 is 2.32 bits per heavy atom. The first-order chi connectivity index (χ1) is 14.6. The molecule has 0 spiro atoms. The van der Waals surface area contributed by atoms with Gasteiger partial charge in [0.1, 0.15) is 11.5 Å². The van der Waals surface area contributed by atoms with Crippen molar-refractivity contribution in [3.63, 3.8) is 0 Å². The number of nitrogens with two attached hydrogens (primary N) is 1. The van der Waals surface area contributed by atoms with Crippen LogP contribution in [0.25, 0.3) is 22.0 Å². The highest BCUT2D eigenvalue weighted by molar-refractivity contribution is 6.01. The summed E-state index contributed by atoms with van der Waals surface area (Å²) in [6.45, 7) is 3.95. The molecule has 1 fully saturated rings. The molecule has 0 aliphatic carbocycles. The van der Waals surface area contributed by atoms with Crippen LogP contribution in [0.5, 0.6) is 0 Å². The van der Waals surface area contributed by atoms with Crippen LogP contribution < -0.4 is 5.73 Å². The van der Waals surface area contributed by atoms with Crippen LogP contribution in [0.4, 0.5) is 4.39 Å². The smallest absolute Gasteiger partial charge is 0.267 e. The normalized spacial score (nSPS) is 16.0. The Labute approximate surface area is 178 Å². The van der Waals surface area contributed by atoms with E-state index in [1.807, 2.05) is 26.0 Å². The molecule has 0 atom stereocenters. The van der Waals surface area contributed by atoms with Crippen LogP contribution in [0.3, 0.4) is 0 Å². The minimum Gasteiger partial charge on any atom is -0.364 e. The quantitative estimate of drug-likeness (QED) is 0.651. The number of aromatic nitrogens is 1. The molecule has 7 heteroatoms. The molecular weight excluding hydrogens is 397 g/mol. The van der Waals surface area contributed by atoms with Gasteiger partial charge in [-0.25, -0.2) is 9.37 Å². The second kappa shape index (κ2) is 7.58. The number of carbonyl (C=O) groups excluding carboxylic acids is 3. The number of hydrogen-bond donors (Lipinski definition) is 1. The molecule has 0 unspecified atom stereocenters. The van der Waals surface area contributed by atoms with E-state index in [1.165, 1.54) is 17.0 Å². The highest BCUT2D eigenvalue weighted by Gasteiger charge is 2.37. The molecule has 31 heavy (non-hydrogen) atoms. The maximum Gasteiger partial charge on any atom is 0.267 e. The second-order valence-corrected chi connectivity index (χ2v) is 8.67. The van der Waals surface area contributed by atoms with Gasteiger partial charge in [-0.15, -0.1) is 0 Å². The van der Waals surface area contributed by atoms with E-state index in [4.69, 9.17) is 5.73 Å². The van der Waals surface area contributed by atoms with E-state index < -0.39 is 5.91 Å². The third-order valence-corrected chi connectivity index (χ3v) is 5.48. The number of piperidine rings is 1. The molecule has 1 aliphatic rings. The number of carbonyl (C=O) groups is 3. The summed E-state index contributed by atoms with van der Waals surface area (Å²) in [4.78, 5) is 42.5. The van der Waals surface area contributed by atoms with E-state index in [0.29, 0.717) is 35.0 Å². The lowest BCUT2D eigenvalue weighted by atomic mass is 9.81. The van der Waals surface area contributed by atoms with Crippen LogP contribution >= 0.6 is 0 Å². The van der Waals surface area contributed by atoms with Gasteiger partial charge < -0.3 is 5.73 Å². The number of imide groups is 1. The lowest BCUT2D eigenvalue weighted by molar-refractivity contribution is -0.153. The predicted octanol–water partition coefficient (Wildman–Crippen LogP) is 3.82. The monoisotopic (exact) mass is 419 g/mol. The van der Waals surface area contributed by atoms with Crippen molar-refractivity contribution in [2.45, 2.75) is 33.2 Å². The highest BCUT2D eigenvalue weighted by atomic mass is 19.1. The lowest BCUT2D eigenvalue weighted by Gasteiger charge is -2.34. The fraction of sp³-hybridized carbons (Fsp3) is 0.250. The molecule has 1 aromatic heterocycles. The Morgan fingerprint density at radius 1 is 1.06 bits per heavy atom. The zero-order valence-electron chi connectivity index (χ0n) is 17.3. The van der Waals surface area contributed by atoms with Gasteiger partial charge in [-0.1, -0.05) is 38.1 Å². The van der Waals surface area contributed by atoms with Gasteiger partial charge in [-0.2, -0.15) is 0 Å². The number of halogens is 1. The van der Waals surface area contributed by atoms with E-state index in [-0.39, 0.29) is 35.3 Å². The average molecular weight is 419 g/mol. The largest absolute Gasteiger partial charge is 0.364 e. The number of rotatable bonds is 4. The molecule has 2 heterocycles. The van der Waals surface area contributed by atoms with E-state index in [9.17, 15) is 18.8 Å². The number of pyridine rings is 1. The summed E-state index contributed by atoms with van der Waals surface area (Å²) in [7, 11) is 0. The number of benzene rings is 2. The zero-order valence-corrected chi connectivity index (χ0v) is 17.3. The molecule has 0 radical (unpaired) electrons. The van der Waals surface area contributed by atoms with Gasteiger partial charge in [0.15, 0.2) is 0 Å². The molecular formula is C24H22FN3O3. The number of hydrogen-bond acceptors (Lipinski definition) is 4. The van der Waals surface area contributed by atoms with Gasteiger partial charge in [-0.05, 0) is 46.4 Å². The maximum absolute atomic E-state index is 13.4. The first-order valence-electron chi connectivity index (χ1n) is 9.96. The molecule has 3 aromatic rings. The van der Waals surface area contributed by atoms with Crippen molar-refractivity contribution in [3.05, 3.63) is 65.6 Å². The Kier molecular flexibility index (Phi) is 5.05. The van der Waals surface area contributed by atoms with Crippen molar-refractivity contribution in [2.24, 2.45) is 11.1 Å². The molecule has 3 amide bonds. The average Bonchev–Trinajstić information content (AvgIpc) is 2.69. The van der Waals surface area contributed by atoms with Crippen LogP contribution in [-0.2, 0) is 16.1 Å². The summed E-state index contributed by atoms with van der Waals surface area (Å²) in [5.74, 6) is -1.45. The first kappa shape index (κ1) is 20.7. The predicted molar refractivity (Wildman–Crippen MR) is 114 cm³/mol. The van der Waals surface area contributed by atoms with Crippen LogP contribution in [0, 0.1) is 11.2 Å². The number of primary amides is 1. The van der Waals surface area contributed by atoms with E-state index >= 15 is 0 Å². The van der Waals surface area contributed by atoms with Crippen molar-refractivity contribution in [3.8, 4) is 11.1 Å². The molecule has 4 rings (SSSR count). The summed E-state index contributed by atoms with van der Waals surface area (Å²) in [6.07, 6.45) is 0.621. The van der Waals surface area contributed by atoms with Crippen LogP contribution in [0.2, 0.25) is 0 Å². The molecule has 6 nitrogen and oxygen atoms in total. The lowest BCUT2D eigenvalue weighted by Crippen LogP contribution is -2.45. The van der Waals surface area contributed by atoms with Crippen LogP contribution in [-0.4, -0.2) is 27.6 Å². The fourth-order valence-corrected chi connectivity index (χ4v) is 3.94. The summed E-state index contributed by atoms with van der Waals surface area (Å²) in [5.41, 5.74) is 7.84. The van der Waals surface area contributed by atoms with Crippen molar-refractivity contribution in [1.82, 2.24) is 9.88 Å². The summed E-state index contributed by atoms with van der Waals surface area (Å²) < 4.78 is 13.4. The molecule has 1 saturated heterocycles. The third kappa shape index (κ3) is 4.17. The van der Waals surface area contributed by atoms with Gasteiger partial charge in [0.05, 0.1) is 12.1 Å². The van der Waals surface area contributed by atoms with Crippen LogP contribution in [0.1, 0.15) is 42.7 Å². The van der Waals surface area contributed by atoms with Gasteiger partial charge in [-0.3, -0.25) is 19.3 Å². The van der Waals surface area contributed by atoms with Gasteiger partial charge in [0.2, 0.25) is 11.8 Å². The number of fused-ring (bicyclic) bond motifs is 1.